The summed E-state index contributed by atoms with van der Waals surface area (Å²) in [5, 5.41) is 9.06. The summed E-state index contributed by atoms with van der Waals surface area (Å²) in [6, 6.07) is 16.8. The van der Waals surface area contributed by atoms with Gasteiger partial charge in [0.2, 0.25) is 0 Å². The van der Waals surface area contributed by atoms with Crippen molar-refractivity contribution in [2.75, 3.05) is 18.9 Å². The Hall–Kier alpha value is -3.72. The zero-order valence-electron chi connectivity index (χ0n) is 16.2. The molecule has 0 aliphatic heterocycles. The highest BCUT2D eigenvalue weighted by atomic mass is 32.2. The summed E-state index contributed by atoms with van der Waals surface area (Å²) in [6.45, 7) is 0. The van der Waals surface area contributed by atoms with E-state index in [0.29, 0.717) is 17.2 Å². The summed E-state index contributed by atoms with van der Waals surface area (Å²) < 4.78 is 43.9. The van der Waals surface area contributed by atoms with Crippen molar-refractivity contribution >= 4 is 21.7 Å². The highest BCUT2D eigenvalue weighted by Crippen LogP contribution is 2.32. The maximum atomic E-state index is 12.7. The van der Waals surface area contributed by atoms with E-state index in [1.807, 2.05) is 6.07 Å². The molecule has 3 aromatic rings. The molecule has 156 valence electrons. The number of benzene rings is 3. The van der Waals surface area contributed by atoms with Crippen LogP contribution in [0.2, 0.25) is 0 Å². The molecule has 0 amide bonds. The molecule has 0 saturated carbocycles. The number of nitrogens with one attached hydrogen (secondary N) is 1. The molecule has 2 N–H and O–H groups in total. The van der Waals surface area contributed by atoms with Crippen LogP contribution < -0.4 is 18.9 Å². The predicted molar refractivity (Wildman–Crippen MR) is 110 cm³/mol. The fraction of sp³-hybridized carbons (Fsp3) is 0.0952. The summed E-state index contributed by atoms with van der Waals surface area (Å²) >= 11 is 0. The van der Waals surface area contributed by atoms with Gasteiger partial charge in [-0.3, -0.25) is 4.72 Å². The molecule has 8 nitrogen and oxygen atoms in total. The first kappa shape index (κ1) is 21.0. The van der Waals surface area contributed by atoms with Crippen LogP contribution in [0.3, 0.4) is 0 Å². The first-order valence-electron chi connectivity index (χ1n) is 8.69. The van der Waals surface area contributed by atoms with E-state index in [1.165, 1.54) is 56.7 Å². The first-order chi connectivity index (χ1) is 14.3. The standard InChI is InChI=1S/C21H19NO7S/c1-27-18-5-3-4-6-19(18)29-15-8-10-16(11-9-15)30(25,26)22-17-12-7-14(21(23)24)13-20(17)28-2/h3-13,22H,1-2H3,(H,23,24). The zero-order chi connectivity index (χ0) is 21.7. The lowest BCUT2D eigenvalue weighted by atomic mass is 10.2. The van der Waals surface area contributed by atoms with E-state index in [0.717, 1.165) is 0 Å². The molecule has 0 aliphatic rings. The largest absolute Gasteiger partial charge is 0.495 e. The van der Waals surface area contributed by atoms with Gasteiger partial charge in [0.05, 0.1) is 30.4 Å². The fourth-order valence-corrected chi connectivity index (χ4v) is 3.70. The molecule has 30 heavy (non-hydrogen) atoms. The zero-order valence-corrected chi connectivity index (χ0v) is 17.0. The summed E-state index contributed by atoms with van der Waals surface area (Å²) in [4.78, 5) is 11.1. The lowest BCUT2D eigenvalue weighted by molar-refractivity contribution is 0.0696. The second-order valence-electron chi connectivity index (χ2n) is 6.05. The maximum absolute atomic E-state index is 12.7. The molecule has 0 aliphatic carbocycles. The van der Waals surface area contributed by atoms with E-state index in [9.17, 15) is 13.2 Å². The SMILES string of the molecule is COc1cc(C(=O)O)ccc1NS(=O)(=O)c1ccc(Oc2ccccc2OC)cc1. The minimum atomic E-state index is -3.94. The average Bonchev–Trinajstić information content (AvgIpc) is 2.74. The van der Waals surface area contributed by atoms with E-state index >= 15 is 0 Å². The van der Waals surface area contributed by atoms with Crippen LogP contribution in [0.5, 0.6) is 23.0 Å². The van der Waals surface area contributed by atoms with Crippen molar-refractivity contribution in [3.63, 3.8) is 0 Å². The fourth-order valence-electron chi connectivity index (χ4n) is 2.63. The van der Waals surface area contributed by atoms with Crippen molar-refractivity contribution < 1.29 is 32.5 Å². The number of para-hydroxylation sites is 2. The van der Waals surface area contributed by atoms with Gasteiger partial charge < -0.3 is 19.3 Å². The molecule has 0 radical (unpaired) electrons. The Morgan fingerprint density at radius 3 is 2.10 bits per heavy atom. The number of carboxylic acids is 1. The van der Waals surface area contributed by atoms with Crippen LogP contribution in [0.4, 0.5) is 5.69 Å². The van der Waals surface area contributed by atoms with Crippen LogP contribution in [-0.2, 0) is 10.0 Å². The van der Waals surface area contributed by atoms with Gasteiger partial charge in [-0.15, -0.1) is 0 Å². The third-order valence-corrected chi connectivity index (χ3v) is 5.51. The Labute approximate surface area is 173 Å². The molecule has 0 fully saturated rings. The topological polar surface area (TPSA) is 111 Å². The lowest BCUT2D eigenvalue weighted by Crippen LogP contribution is -2.14. The number of rotatable bonds is 8. The van der Waals surface area contributed by atoms with Crippen molar-refractivity contribution in [3.8, 4) is 23.0 Å². The van der Waals surface area contributed by atoms with Gasteiger partial charge in [0, 0.05) is 0 Å². The smallest absolute Gasteiger partial charge is 0.335 e. The summed E-state index contributed by atoms with van der Waals surface area (Å²) in [5.41, 5.74) is 0.101. The number of hydrogen-bond donors (Lipinski definition) is 2. The number of carboxylic acid groups (broad SMARTS) is 1. The molecule has 9 heteroatoms. The highest BCUT2D eigenvalue weighted by molar-refractivity contribution is 7.92. The van der Waals surface area contributed by atoms with Gasteiger partial charge >= 0.3 is 5.97 Å². The molecule has 3 aromatic carbocycles. The minimum absolute atomic E-state index is 0.000703. The molecular weight excluding hydrogens is 410 g/mol. The summed E-state index contributed by atoms with van der Waals surface area (Å²) in [7, 11) is -1.09. The minimum Gasteiger partial charge on any atom is -0.495 e. The highest BCUT2D eigenvalue weighted by Gasteiger charge is 2.18. The molecule has 0 heterocycles. The molecule has 0 unspecified atom stereocenters. The van der Waals surface area contributed by atoms with Crippen molar-refractivity contribution in [2.45, 2.75) is 4.90 Å². The Kier molecular flexibility index (Phi) is 6.12. The molecule has 0 bridgehead atoms. The van der Waals surface area contributed by atoms with E-state index in [1.54, 1.807) is 18.2 Å². The molecular formula is C21H19NO7S. The predicted octanol–water partition coefficient (Wildman–Crippen LogP) is 4.00. The van der Waals surface area contributed by atoms with Gasteiger partial charge in [-0.1, -0.05) is 12.1 Å². The Morgan fingerprint density at radius 1 is 0.867 bits per heavy atom. The molecule has 3 rings (SSSR count). The van der Waals surface area contributed by atoms with Crippen molar-refractivity contribution in [1.29, 1.82) is 0 Å². The Bertz CT molecular complexity index is 1160. The van der Waals surface area contributed by atoms with Crippen LogP contribution in [0, 0.1) is 0 Å². The number of carbonyl (C=O) groups is 1. The number of sulfonamides is 1. The van der Waals surface area contributed by atoms with Crippen LogP contribution in [0.1, 0.15) is 10.4 Å². The molecule has 0 spiro atoms. The molecule has 0 atom stereocenters. The molecule has 0 saturated heterocycles. The van der Waals surface area contributed by atoms with Crippen LogP contribution in [0.25, 0.3) is 0 Å². The number of methoxy groups -OCH3 is 2. The number of hydrogen-bond acceptors (Lipinski definition) is 6. The van der Waals surface area contributed by atoms with Crippen molar-refractivity contribution in [1.82, 2.24) is 0 Å². The van der Waals surface area contributed by atoms with Crippen LogP contribution >= 0.6 is 0 Å². The van der Waals surface area contributed by atoms with E-state index < -0.39 is 16.0 Å². The quantitative estimate of drug-likeness (QED) is 0.557. The first-order valence-corrected chi connectivity index (χ1v) is 10.2. The number of anilines is 1. The van der Waals surface area contributed by atoms with Crippen LogP contribution in [-0.4, -0.2) is 33.7 Å². The average molecular weight is 429 g/mol. The van der Waals surface area contributed by atoms with Gasteiger partial charge in [-0.05, 0) is 54.6 Å². The molecule has 0 aromatic heterocycles. The second-order valence-corrected chi connectivity index (χ2v) is 7.73. The summed E-state index contributed by atoms with van der Waals surface area (Å²) in [6.07, 6.45) is 0. The van der Waals surface area contributed by atoms with Gasteiger partial charge in [0.25, 0.3) is 10.0 Å². The van der Waals surface area contributed by atoms with Gasteiger partial charge in [0.1, 0.15) is 11.5 Å². The monoisotopic (exact) mass is 429 g/mol. The lowest BCUT2D eigenvalue weighted by Gasteiger charge is -2.13. The Balaban J connectivity index is 1.81. The Morgan fingerprint density at radius 2 is 1.50 bits per heavy atom. The summed E-state index contributed by atoms with van der Waals surface area (Å²) in [5.74, 6) is 0.426. The van der Waals surface area contributed by atoms with Gasteiger partial charge in [-0.25, -0.2) is 13.2 Å². The maximum Gasteiger partial charge on any atom is 0.335 e. The third-order valence-electron chi connectivity index (χ3n) is 4.12. The van der Waals surface area contributed by atoms with E-state index in [2.05, 4.69) is 4.72 Å². The number of aromatic carboxylic acids is 1. The van der Waals surface area contributed by atoms with Gasteiger partial charge in [-0.2, -0.15) is 0 Å². The van der Waals surface area contributed by atoms with Crippen molar-refractivity contribution in [3.05, 3.63) is 72.3 Å². The number of ether oxygens (including phenoxy) is 3. The third kappa shape index (κ3) is 4.64. The van der Waals surface area contributed by atoms with E-state index in [4.69, 9.17) is 19.3 Å². The van der Waals surface area contributed by atoms with E-state index in [-0.39, 0.29) is 21.9 Å². The van der Waals surface area contributed by atoms with Gasteiger partial charge in [0.15, 0.2) is 11.5 Å². The van der Waals surface area contributed by atoms with Crippen LogP contribution in [0.15, 0.2) is 71.6 Å². The normalized spacial score (nSPS) is 10.9. The second kappa shape index (κ2) is 8.75. The van der Waals surface area contributed by atoms with Crippen molar-refractivity contribution in [2.24, 2.45) is 0 Å².